The van der Waals surface area contributed by atoms with Crippen molar-refractivity contribution in [2.75, 3.05) is 45.2 Å². The molecule has 10 heteroatoms. The van der Waals surface area contributed by atoms with E-state index in [4.69, 9.17) is 4.74 Å². The van der Waals surface area contributed by atoms with E-state index >= 15 is 0 Å². The second-order valence-electron chi connectivity index (χ2n) is 8.29. The van der Waals surface area contributed by atoms with Gasteiger partial charge in [0.05, 0.1) is 24.9 Å². The topological polar surface area (TPSA) is 79.5 Å². The molecule has 4 heterocycles. The molecule has 0 aliphatic carbocycles. The van der Waals surface area contributed by atoms with E-state index in [-0.39, 0.29) is 18.7 Å². The summed E-state index contributed by atoms with van der Waals surface area (Å²) < 4.78 is 36.4. The van der Waals surface area contributed by atoms with Crippen LogP contribution in [0.15, 0.2) is 24.4 Å². The predicted octanol–water partition coefficient (Wildman–Crippen LogP) is 1.90. The van der Waals surface area contributed by atoms with E-state index in [0.717, 1.165) is 6.54 Å². The van der Waals surface area contributed by atoms with Crippen molar-refractivity contribution >= 4 is 16.7 Å². The van der Waals surface area contributed by atoms with Crippen LogP contribution in [0.3, 0.4) is 0 Å². The number of anilines is 1. The number of methoxy groups -OCH3 is 1. The van der Waals surface area contributed by atoms with Crippen molar-refractivity contribution in [2.45, 2.75) is 24.6 Å². The number of likely N-dealkylation sites (tertiary alicyclic amines) is 1. The third-order valence-corrected chi connectivity index (χ3v) is 6.09. The molecule has 1 N–H and O–H groups in total. The Morgan fingerprint density at radius 2 is 1.90 bits per heavy atom. The molecule has 31 heavy (non-hydrogen) atoms. The molecule has 2 aliphatic heterocycles. The molecule has 0 saturated carbocycles. The maximum absolute atomic E-state index is 14.9. The number of alkyl halides is 1. The van der Waals surface area contributed by atoms with Gasteiger partial charge < -0.3 is 19.6 Å². The van der Waals surface area contributed by atoms with Gasteiger partial charge in [0.1, 0.15) is 17.8 Å². The predicted molar refractivity (Wildman–Crippen MR) is 111 cm³/mol. The van der Waals surface area contributed by atoms with Crippen molar-refractivity contribution < 1.29 is 18.6 Å². The number of fused-ring (bicyclic) bond motifs is 1. The summed E-state index contributed by atoms with van der Waals surface area (Å²) in [6, 6.07) is 5.00. The molecule has 8 nitrogen and oxygen atoms in total. The first-order valence-corrected chi connectivity index (χ1v) is 10.3. The molecular weight excluding hydrogens is 406 g/mol. The lowest BCUT2D eigenvalue weighted by Gasteiger charge is -2.36. The molecular formula is C21H24F2N6O2. The molecule has 3 aromatic rings. The van der Waals surface area contributed by atoms with Gasteiger partial charge in [0.2, 0.25) is 0 Å². The van der Waals surface area contributed by atoms with Crippen LogP contribution in [0.2, 0.25) is 0 Å². The Bertz CT molecular complexity index is 1120. The summed E-state index contributed by atoms with van der Waals surface area (Å²) in [5.74, 6) is 0.148. The number of piperidine rings is 1. The van der Waals surface area contributed by atoms with Crippen molar-refractivity contribution in [3.63, 3.8) is 0 Å². The van der Waals surface area contributed by atoms with E-state index < -0.39 is 17.9 Å². The normalized spacial score (nSPS) is 22.7. The molecule has 0 radical (unpaired) electrons. The second kappa shape index (κ2) is 7.69. The van der Waals surface area contributed by atoms with E-state index in [9.17, 15) is 13.9 Å². The van der Waals surface area contributed by atoms with Crippen molar-refractivity contribution in [1.82, 2.24) is 24.6 Å². The number of hydrogen-bond acceptors (Lipinski definition) is 7. The number of aliphatic hydroxyl groups is 1. The fourth-order valence-electron chi connectivity index (χ4n) is 4.34. The monoisotopic (exact) mass is 430 g/mol. The van der Waals surface area contributed by atoms with Crippen LogP contribution < -0.4 is 9.64 Å². The Balaban J connectivity index is 1.57. The fraction of sp³-hybridized carbons (Fsp3) is 0.476. The lowest BCUT2D eigenvalue weighted by molar-refractivity contribution is 0.137. The molecule has 5 rings (SSSR count). The van der Waals surface area contributed by atoms with Gasteiger partial charge in [0, 0.05) is 37.0 Å². The van der Waals surface area contributed by atoms with Gasteiger partial charge in [0.25, 0.3) is 0 Å². The number of aliphatic hydroxyl groups excluding tert-OH is 1. The van der Waals surface area contributed by atoms with Crippen LogP contribution in [0.1, 0.15) is 17.9 Å². The molecule has 0 bridgehead atoms. The molecule has 2 saturated heterocycles. The largest absolute Gasteiger partial charge is 0.467 e. The Labute approximate surface area is 178 Å². The Hall–Kier alpha value is -2.85. The smallest absolute Gasteiger partial charge is 0.320 e. The summed E-state index contributed by atoms with van der Waals surface area (Å²) in [4.78, 5) is 12.6. The van der Waals surface area contributed by atoms with Crippen LogP contribution in [0.5, 0.6) is 6.01 Å². The second-order valence-corrected chi connectivity index (χ2v) is 8.29. The van der Waals surface area contributed by atoms with E-state index in [1.165, 1.54) is 13.2 Å². The average Bonchev–Trinajstić information content (AvgIpc) is 3.13. The first kappa shape index (κ1) is 20.1. The summed E-state index contributed by atoms with van der Waals surface area (Å²) in [6.07, 6.45) is 0.594. The van der Waals surface area contributed by atoms with Crippen LogP contribution in [-0.4, -0.2) is 82.4 Å². The lowest BCUT2D eigenvalue weighted by atomic mass is 9.87. The van der Waals surface area contributed by atoms with E-state index in [2.05, 4.69) is 15.1 Å². The van der Waals surface area contributed by atoms with Gasteiger partial charge >= 0.3 is 6.01 Å². The molecule has 2 fully saturated rings. The summed E-state index contributed by atoms with van der Waals surface area (Å²) >= 11 is 0. The molecule has 0 amide bonds. The SMILES string of the molecule is COc1nc(N2CC(O)C2)cc(-n2ncc3cc(F)c(C4CCN(C)CC4F)cc32)n1. The number of β-amino-alcohol motifs (C(OH)–C–C–N with tert-alkyl or cyclic N) is 1. The minimum Gasteiger partial charge on any atom is -0.467 e. The van der Waals surface area contributed by atoms with Gasteiger partial charge in [-0.2, -0.15) is 15.1 Å². The number of rotatable bonds is 4. The third-order valence-electron chi connectivity index (χ3n) is 6.09. The molecule has 2 atom stereocenters. The van der Waals surface area contributed by atoms with Crippen molar-refractivity contribution in [3.05, 3.63) is 35.8 Å². The van der Waals surface area contributed by atoms with Gasteiger partial charge in [-0.25, -0.2) is 13.5 Å². The van der Waals surface area contributed by atoms with Crippen LogP contribution in [-0.2, 0) is 0 Å². The van der Waals surface area contributed by atoms with Crippen molar-refractivity contribution in [3.8, 4) is 11.8 Å². The molecule has 2 aliphatic rings. The van der Waals surface area contributed by atoms with Crippen LogP contribution in [0, 0.1) is 5.82 Å². The quantitative estimate of drug-likeness (QED) is 0.677. The van der Waals surface area contributed by atoms with E-state index in [1.807, 2.05) is 16.8 Å². The highest BCUT2D eigenvalue weighted by Crippen LogP contribution is 2.34. The summed E-state index contributed by atoms with van der Waals surface area (Å²) in [5, 5.41) is 14.6. The lowest BCUT2D eigenvalue weighted by Crippen LogP contribution is -2.51. The zero-order valence-electron chi connectivity index (χ0n) is 17.4. The average molecular weight is 430 g/mol. The highest BCUT2D eigenvalue weighted by atomic mass is 19.1. The molecule has 2 aromatic heterocycles. The minimum absolute atomic E-state index is 0.166. The summed E-state index contributed by atoms with van der Waals surface area (Å²) in [5.41, 5.74) is 1.000. The van der Waals surface area contributed by atoms with Crippen molar-refractivity contribution in [2.24, 2.45) is 0 Å². The number of halogens is 2. The van der Waals surface area contributed by atoms with Crippen LogP contribution in [0.4, 0.5) is 14.6 Å². The minimum atomic E-state index is -1.13. The molecule has 0 spiro atoms. The first-order valence-electron chi connectivity index (χ1n) is 10.3. The van der Waals surface area contributed by atoms with E-state index in [0.29, 0.717) is 47.6 Å². The standard InChI is InChI=1S/C21H24F2N6O2/c1-27-4-3-14(17(23)11-27)15-6-18-12(5-16(15)22)8-24-29(18)20-7-19(25-21(26-20)31-2)28-9-13(30)10-28/h5-8,13-14,17,30H,3-4,9-11H2,1-2H3. The summed E-state index contributed by atoms with van der Waals surface area (Å²) in [7, 11) is 3.35. The fourth-order valence-corrected chi connectivity index (χ4v) is 4.34. The van der Waals surface area contributed by atoms with Gasteiger partial charge in [0.15, 0.2) is 5.82 Å². The third kappa shape index (κ3) is 3.59. The first-order chi connectivity index (χ1) is 14.9. The van der Waals surface area contributed by atoms with Gasteiger partial charge in [-0.1, -0.05) is 0 Å². The van der Waals surface area contributed by atoms with E-state index in [1.54, 1.807) is 23.0 Å². The Kier molecular flexibility index (Phi) is 4.98. The molecule has 2 unspecified atom stereocenters. The zero-order chi connectivity index (χ0) is 21.7. The van der Waals surface area contributed by atoms with Crippen LogP contribution in [0.25, 0.3) is 16.7 Å². The number of aromatic nitrogens is 4. The Morgan fingerprint density at radius 1 is 1.13 bits per heavy atom. The highest BCUT2D eigenvalue weighted by Gasteiger charge is 2.31. The molecule has 1 aromatic carbocycles. The van der Waals surface area contributed by atoms with Gasteiger partial charge in [-0.15, -0.1) is 0 Å². The molecule has 164 valence electrons. The maximum Gasteiger partial charge on any atom is 0.320 e. The zero-order valence-corrected chi connectivity index (χ0v) is 17.4. The van der Waals surface area contributed by atoms with Crippen LogP contribution >= 0.6 is 0 Å². The van der Waals surface area contributed by atoms with Gasteiger partial charge in [-0.05, 0) is 37.7 Å². The number of benzene rings is 1. The van der Waals surface area contributed by atoms with Crippen molar-refractivity contribution in [1.29, 1.82) is 0 Å². The number of nitrogens with zero attached hydrogens (tertiary/aromatic N) is 6. The summed E-state index contributed by atoms with van der Waals surface area (Å²) in [6.45, 7) is 1.96. The maximum atomic E-state index is 14.9. The number of ether oxygens (including phenoxy) is 1. The highest BCUT2D eigenvalue weighted by molar-refractivity contribution is 5.81. The Morgan fingerprint density at radius 3 is 2.61 bits per heavy atom. The van der Waals surface area contributed by atoms with Gasteiger partial charge in [-0.3, -0.25) is 0 Å². The number of hydrogen-bond donors (Lipinski definition) is 1.